The van der Waals surface area contributed by atoms with Crippen molar-refractivity contribution in [3.63, 3.8) is 0 Å². The summed E-state index contributed by atoms with van der Waals surface area (Å²) in [5.74, 6) is -4.00. The van der Waals surface area contributed by atoms with Gasteiger partial charge >= 0.3 is 23.9 Å². The predicted molar refractivity (Wildman–Crippen MR) is 128 cm³/mol. The van der Waals surface area contributed by atoms with Crippen molar-refractivity contribution >= 4 is 23.9 Å². The molecule has 1 saturated carbocycles. The van der Waals surface area contributed by atoms with Crippen LogP contribution in [0.2, 0.25) is 0 Å². The fourth-order valence-electron chi connectivity index (χ4n) is 6.80. The Morgan fingerprint density at radius 2 is 1.73 bits per heavy atom. The highest BCUT2D eigenvalue weighted by Gasteiger charge is 2.74. The van der Waals surface area contributed by atoms with Gasteiger partial charge in [-0.2, -0.15) is 0 Å². The lowest BCUT2D eigenvalue weighted by Gasteiger charge is -2.56. The van der Waals surface area contributed by atoms with Crippen LogP contribution in [-0.4, -0.2) is 71.2 Å². The number of hydrogen-bond donors (Lipinski definition) is 1. The minimum absolute atomic E-state index is 0.144. The van der Waals surface area contributed by atoms with Crippen molar-refractivity contribution in [3.8, 4) is 0 Å². The fourth-order valence-corrected chi connectivity index (χ4v) is 6.80. The van der Waals surface area contributed by atoms with Crippen LogP contribution >= 0.6 is 0 Å². The molecule has 1 unspecified atom stereocenters. The fraction of sp³-hybridized carbons (Fsp3) is 0.778. The summed E-state index contributed by atoms with van der Waals surface area (Å²) < 4.78 is 29.5. The van der Waals surface area contributed by atoms with Gasteiger partial charge in [0.25, 0.3) is 0 Å². The van der Waals surface area contributed by atoms with Crippen molar-refractivity contribution in [2.45, 2.75) is 109 Å². The van der Waals surface area contributed by atoms with Gasteiger partial charge in [-0.15, -0.1) is 0 Å². The summed E-state index contributed by atoms with van der Waals surface area (Å²) in [7, 11) is 0. The first-order chi connectivity index (χ1) is 17.3. The third kappa shape index (κ3) is 4.56. The van der Waals surface area contributed by atoms with E-state index in [9.17, 15) is 24.3 Å². The average Bonchev–Trinajstić information content (AvgIpc) is 3.55. The Bertz CT molecular complexity index is 999. The van der Waals surface area contributed by atoms with Crippen LogP contribution in [0.1, 0.15) is 73.6 Å². The van der Waals surface area contributed by atoms with Crippen molar-refractivity contribution in [1.82, 2.24) is 0 Å². The monoisotopic (exact) mass is 522 g/mol. The number of fused-ring (bicyclic) bond motifs is 3. The highest BCUT2D eigenvalue weighted by Crippen LogP contribution is 2.62. The number of ether oxygens (including phenoxy) is 5. The molecule has 0 aromatic heterocycles. The third-order valence-electron chi connectivity index (χ3n) is 8.87. The lowest BCUT2D eigenvalue weighted by molar-refractivity contribution is -0.242. The Labute approximate surface area is 217 Å². The molecule has 206 valence electrons. The maximum absolute atomic E-state index is 12.8. The number of carbonyl (C=O) groups is 4. The second-order valence-corrected chi connectivity index (χ2v) is 11.2. The Morgan fingerprint density at radius 1 is 1.11 bits per heavy atom. The van der Waals surface area contributed by atoms with E-state index in [-0.39, 0.29) is 6.42 Å². The van der Waals surface area contributed by atoms with E-state index in [0.717, 1.165) is 5.57 Å². The van der Waals surface area contributed by atoms with E-state index in [1.807, 2.05) is 13.8 Å². The SMILES string of the molecule is CCC(=O)O[C@@H]1CC/C(C)=C\[C@H]2OC(=O)[C@@H](C)[C@]2(O)C(OC(C)=O)[C@@H]2[C@@]3(CC[C@@H](OC(C)=O)[C@]21C)CO3. The van der Waals surface area contributed by atoms with Gasteiger partial charge in [0.05, 0.1) is 23.5 Å². The van der Waals surface area contributed by atoms with Gasteiger partial charge in [-0.3, -0.25) is 19.2 Å². The number of allylic oxidation sites excluding steroid dienone is 1. The number of epoxide rings is 1. The molecule has 2 aliphatic carbocycles. The Kier molecular flexibility index (Phi) is 7.22. The molecule has 0 aromatic rings. The second kappa shape index (κ2) is 9.69. The maximum Gasteiger partial charge on any atom is 0.312 e. The summed E-state index contributed by atoms with van der Waals surface area (Å²) in [6.45, 7) is 9.81. The first-order valence-corrected chi connectivity index (χ1v) is 13.1. The van der Waals surface area contributed by atoms with Crippen molar-refractivity contribution in [3.05, 3.63) is 11.6 Å². The number of rotatable bonds is 4. The number of esters is 4. The molecule has 4 rings (SSSR count). The Balaban J connectivity index is 1.99. The normalized spacial score (nSPS) is 44.4. The van der Waals surface area contributed by atoms with Gasteiger partial charge in [-0.1, -0.05) is 19.4 Å². The molecule has 37 heavy (non-hydrogen) atoms. The van der Waals surface area contributed by atoms with Crippen LogP contribution < -0.4 is 0 Å². The quantitative estimate of drug-likeness (QED) is 0.253. The molecule has 2 saturated heterocycles. The van der Waals surface area contributed by atoms with Gasteiger partial charge in [0.2, 0.25) is 0 Å². The minimum Gasteiger partial charge on any atom is -0.462 e. The summed E-state index contributed by atoms with van der Waals surface area (Å²) in [5, 5.41) is 12.4. The molecule has 1 spiro atoms. The van der Waals surface area contributed by atoms with E-state index in [1.54, 1.807) is 19.9 Å². The molecule has 4 aliphatic rings. The van der Waals surface area contributed by atoms with Gasteiger partial charge in [0.15, 0.2) is 11.7 Å². The van der Waals surface area contributed by atoms with Crippen molar-refractivity contribution in [2.24, 2.45) is 17.3 Å². The zero-order chi connectivity index (χ0) is 27.3. The number of aliphatic hydroxyl groups is 1. The Morgan fingerprint density at radius 3 is 2.30 bits per heavy atom. The van der Waals surface area contributed by atoms with E-state index in [2.05, 4.69) is 0 Å². The lowest BCUT2D eigenvalue weighted by Crippen LogP contribution is -2.69. The molecule has 0 bridgehead atoms. The zero-order valence-corrected chi connectivity index (χ0v) is 22.4. The van der Waals surface area contributed by atoms with E-state index in [0.29, 0.717) is 32.3 Å². The summed E-state index contributed by atoms with van der Waals surface area (Å²) >= 11 is 0. The molecular weight excluding hydrogens is 484 g/mol. The van der Waals surface area contributed by atoms with Crippen LogP contribution in [0.3, 0.4) is 0 Å². The van der Waals surface area contributed by atoms with Gasteiger partial charge in [0, 0.05) is 26.2 Å². The summed E-state index contributed by atoms with van der Waals surface area (Å²) in [6.07, 6.45) is -0.246. The molecular formula is C27H38O10. The van der Waals surface area contributed by atoms with Crippen LogP contribution in [0, 0.1) is 17.3 Å². The van der Waals surface area contributed by atoms with E-state index < -0.39 is 76.7 Å². The van der Waals surface area contributed by atoms with Crippen molar-refractivity contribution < 1.29 is 48.0 Å². The standard InChI is InChI=1S/C27H38O10/c1-7-21(30)36-18-9-8-14(2)12-20-27(32,15(3)24(31)37-20)23(35-17(5)29)22-25(18,6)19(34-16(4)28)10-11-26(22)13-33-26/h12,15,18-20,22-23,32H,7-11,13H2,1-6H3/b14-12-/t15-,18-,19-,20-,22+,23?,25-,26-,27-/m1/s1. The van der Waals surface area contributed by atoms with Gasteiger partial charge in [-0.05, 0) is 45.6 Å². The van der Waals surface area contributed by atoms with Crippen molar-refractivity contribution in [2.75, 3.05) is 6.61 Å². The van der Waals surface area contributed by atoms with Gasteiger partial charge < -0.3 is 28.8 Å². The van der Waals surface area contributed by atoms with E-state index in [1.165, 1.54) is 13.8 Å². The topological polar surface area (TPSA) is 138 Å². The van der Waals surface area contributed by atoms with Gasteiger partial charge in [-0.25, -0.2) is 0 Å². The molecule has 3 fully saturated rings. The molecule has 2 heterocycles. The molecule has 10 nitrogen and oxygen atoms in total. The molecule has 10 heteroatoms. The van der Waals surface area contributed by atoms with Crippen LogP contribution in [0.4, 0.5) is 0 Å². The Hall–Kier alpha value is -2.46. The maximum atomic E-state index is 12.8. The first kappa shape index (κ1) is 27.6. The minimum atomic E-state index is -1.94. The van der Waals surface area contributed by atoms with Crippen LogP contribution in [0.15, 0.2) is 11.6 Å². The lowest BCUT2D eigenvalue weighted by atomic mass is 9.52. The molecule has 0 aromatic carbocycles. The predicted octanol–water partition coefficient (Wildman–Crippen LogP) is 2.39. The van der Waals surface area contributed by atoms with E-state index in [4.69, 9.17) is 23.7 Å². The highest BCUT2D eigenvalue weighted by molar-refractivity contribution is 5.77. The number of hydrogen-bond acceptors (Lipinski definition) is 10. The van der Waals surface area contributed by atoms with Crippen molar-refractivity contribution in [1.29, 1.82) is 0 Å². The van der Waals surface area contributed by atoms with Crippen LogP contribution in [0.25, 0.3) is 0 Å². The zero-order valence-electron chi connectivity index (χ0n) is 22.4. The summed E-state index contributed by atoms with van der Waals surface area (Å²) in [5.41, 5.74) is -3.09. The molecule has 1 N–H and O–H groups in total. The average molecular weight is 523 g/mol. The van der Waals surface area contributed by atoms with Crippen LogP contribution in [-0.2, 0) is 42.9 Å². The molecule has 9 atom stereocenters. The van der Waals surface area contributed by atoms with Crippen LogP contribution in [0.5, 0.6) is 0 Å². The first-order valence-electron chi connectivity index (χ1n) is 13.1. The highest BCUT2D eigenvalue weighted by atomic mass is 16.6. The second-order valence-electron chi connectivity index (χ2n) is 11.2. The largest absolute Gasteiger partial charge is 0.462 e. The van der Waals surface area contributed by atoms with E-state index >= 15 is 0 Å². The molecule has 0 radical (unpaired) electrons. The summed E-state index contributed by atoms with van der Waals surface area (Å²) in [4.78, 5) is 50.3. The number of carbonyl (C=O) groups excluding carboxylic acids is 4. The molecule has 0 amide bonds. The molecule has 2 aliphatic heterocycles. The smallest absolute Gasteiger partial charge is 0.312 e. The summed E-state index contributed by atoms with van der Waals surface area (Å²) in [6, 6.07) is 0. The van der Waals surface area contributed by atoms with Gasteiger partial charge in [0.1, 0.15) is 18.3 Å². The third-order valence-corrected chi connectivity index (χ3v) is 8.87.